The smallest absolute Gasteiger partial charge is 0.161 e. The zero-order valence-corrected chi connectivity index (χ0v) is 10.3. The van der Waals surface area contributed by atoms with Gasteiger partial charge in [0.1, 0.15) is 0 Å². The maximum Gasteiger partial charge on any atom is 0.161 e. The van der Waals surface area contributed by atoms with Crippen LogP contribution in [0.1, 0.15) is 46.5 Å². The van der Waals surface area contributed by atoms with Crippen LogP contribution < -0.4 is 0 Å². The van der Waals surface area contributed by atoms with Gasteiger partial charge in [-0.05, 0) is 18.9 Å². The third-order valence-electron chi connectivity index (χ3n) is 2.02. The largest absolute Gasteiger partial charge is 0.424 e. The van der Waals surface area contributed by atoms with Crippen molar-refractivity contribution in [1.29, 1.82) is 0 Å². The Hall–Kier alpha value is 0.177. The van der Waals surface area contributed by atoms with Crippen molar-refractivity contribution in [2.45, 2.75) is 52.5 Å². The summed E-state index contributed by atoms with van der Waals surface area (Å²) in [5.41, 5.74) is 0. The minimum absolute atomic E-state index is 0.136. The predicted octanol–water partition coefficient (Wildman–Crippen LogP) is 2.74. The Balaban J connectivity index is 2.82. The third kappa shape index (κ3) is 10.2. The van der Waals surface area contributed by atoms with Crippen molar-refractivity contribution in [3.8, 4) is 0 Å². The Bertz CT molecular complexity index is 83.9. The maximum atomic E-state index is 5.40. The zero-order valence-electron chi connectivity index (χ0n) is 8.94. The molecule has 0 amide bonds. The molecule has 0 aliphatic carbocycles. The fraction of sp³-hybridized carbons (Fsp3) is 1.00. The summed E-state index contributed by atoms with van der Waals surface area (Å²) in [6.45, 7) is 7.62. The van der Waals surface area contributed by atoms with E-state index in [0.717, 1.165) is 12.5 Å². The lowest BCUT2D eigenvalue weighted by Crippen LogP contribution is -1.97. The predicted molar refractivity (Wildman–Crippen MR) is 58.3 cm³/mol. The molecular formula is C10H24OSi. The van der Waals surface area contributed by atoms with Crippen molar-refractivity contribution in [2.24, 2.45) is 5.92 Å². The van der Waals surface area contributed by atoms with Gasteiger partial charge in [0.25, 0.3) is 0 Å². The molecule has 0 saturated heterocycles. The molecule has 74 valence electrons. The van der Waals surface area contributed by atoms with Crippen LogP contribution in [0.5, 0.6) is 0 Å². The first-order valence-corrected chi connectivity index (χ1v) is 6.92. The lowest BCUT2D eigenvalue weighted by Gasteiger charge is -2.03. The molecule has 1 nitrogen and oxygen atoms in total. The standard InChI is InChI=1S/C10H24OSi/c1-4-11-12-9-7-5-6-8-10(2)3/h10H,4-9,12H2,1-3H3. The van der Waals surface area contributed by atoms with Crippen molar-refractivity contribution < 1.29 is 4.43 Å². The molecule has 0 fully saturated rings. The van der Waals surface area contributed by atoms with E-state index in [4.69, 9.17) is 4.43 Å². The Morgan fingerprint density at radius 3 is 2.50 bits per heavy atom. The van der Waals surface area contributed by atoms with Crippen molar-refractivity contribution in [1.82, 2.24) is 0 Å². The Kier molecular flexibility index (Phi) is 9.40. The van der Waals surface area contributed by atoms with E-state index in [2.05, 4.69) is 20.8 Å². The van der Waals surface area contributed by atoms with Crippen molar-refractivity contribution in [2.75, 3.05) is 6.61 Å². The highest BCUT2D eigenvalue weighted by molar-refractivity contribution is 6.26. The first-order valence-electron chi connectivity index (χ1n) is 5.35. The second-order valence-corrected chi connectivity index (χ2v) is 5.32. The average Bonchev–Trinajstić information content (AvgIpc) is 2.02. The fourth-order valence-electron chi connectivity index (χ4n) is 1.25. The molecule has 0 spiro atoms. The molecule has 0 rings (SSSR count). The molecule has 0 bridgehead atoms. The molecule has 0 atom stereocenters. The van der Waals surface area contributed by atoms with Gasteiger partial charge >= 0.3 is 0 Å². The Morgan fingerprint density at radius 2 is 1.92 bits per heavy atom. The fourth-order valence-corrected chi connectivity index (χ4v) is 2.31. The van der Waals surface area contributed by atoms with E-state index < -0.39 is 0 Å². The van der Waals surface area contributed by atoms with E-state index in [0.29, 0.717) is 0 Å². The van der Waals surface area contributed by atoms with Crippen LogP contribution in [-0.2, 0) is 4.43 Å². The van der Waals surface area contributed by atoms with Crippen LogP contribution in [0.2, 0.25) is 6.04 Å². The van der Waals surface area contributed by atoms with Crippen molar-refractivity contribution in [3.63, 3.8) is 0 Å². The van der Waals surface area contributed by atoms with Crippen LogP contribution in [0.4, 0.5) is 0 Å². The van der Waals surface area contributed by atoms with E-state index >= 15 is 0 Å². The molecule has 0 aliphatic heterocycles. The summed E-state index contributed by atoms with van der Waals surface area (Å²) in [4.78, 5) is 0. The first-order chi connectivity index (χ1) is 5.77. The van der Waals surface area contributed by atoms with E-state index in [1.54, 1.807) is 0 Å². The summed E-state index contributed by atoms with van der Waals surface area (Å²) in [5, 5.41) is 0. The first kappa shape index (κ1) is 12.2. The van der Waals surface area contributed by atoms with Crippen molar-refractivity contribution in [3.05, 3.63) is 0 Å². The van der Waals surface area contributed by atoms with Gasteiger partial charge in [0.15, 0.2) is 9.76 Å². The number of hydrogen-bond donors (Lipinski definition) is 0. The minimum atomic E-state index is -0.136. The van der Waals surface area contributed by atoms with Gasteiger partial charge in [-0.15, -0.1) is 0 Å². The lowest BCUT2D eigenvalue weighted by molar-refractivity contribution is 0.358. The van der Waals surface area contributed by atoms with E-state index in [9.17, 15) is 0 Å². The molecule has 12 heavy (non-hydrogen) atoms. The molecular weight excluding hydrogens is 164 g/mol. The summed E-state index contributed by atoms with van der Waals surface area (Å²) in [6, 6.07) is 1.38. The summed E-state index contributed by atoms with van der Waals surface area (Å²) in [7, 11) is -0.136. The topological polar surface area (TPSA) is 9.23 Å². The molecule has 0 unspecified atom stereocenters. The monoisotopic (exact) mass is 188 g/mol. The number of hydrogen-bond acceptors (Lipinski definition) is 1. The highest BCUT2D eigenvalue weighted by atomic mass is 28.2. The second-order valence-electron chi connectivity index (χ2n) is 3.79. The minimum Gasteiger partial charge on any atom is -0.424 e. The van der Waals surface area contributed by atoms with E-state index in [1.165, 1.54) is 31.7 Å². The molecule has 0 aromatic heterocycles. The van der Waals surface area contributed by atoms with Gasteiger partial charge in [0.05, 0.1) is 0 Å². The summed E-state index contributed by atoms with van der Waals surface area (Å²) >= 11 is 0. The molecule has 0 aliphatic rings. The van der Waals surface area contributed by atoms with Crippen LogP contribution in [0.15, 0.2) is 0 Å². The third-order valence-corrected chi connectivity index (χ3v) is 3.51. The van der Waals surface area contributed by atoms with E-state index in [-0.39, 0.29) is 9.76 Å². The van der Waals surface area contributed by atoms with Crippen LogP contribution in [0.25, 0.3) is 0 Å². The van der Waals surface area contributed by atoms with E-state index in [1.807, 2.05) is 0 Å². The van der Waals surface area contributed by atoms with Crippen LogP contribution in [0.3, 0.4) is 0 Å². The molecule has 2 heteroatoms. The van der Waals surface area contributed by atoms with Gasteiger partial charge in [-0.1, -0.05) is 39.5 Å². The maximum absolute atomic E-state index is 5.40. The Morgan fingerprint density at radius 1 is 1.17 bits per heavy atom. The number of rotatable bonds is 8. The quantitative estimate of drug-likeness (QED) is 0.420. The van der Waals surface area contributed by atoms with Crippen LogP contribution in [0, 0.1) is 5.92 Å². The molecule has 0 N–H and O–H groups in total. The second kappa shape index (κ2) is 9.27. The highest BCUT2D eigenvalue weighted by Crippen LogP contribution is 2.09. The molecule has 0 aromatic rings. The average molecular weight is 188 g/mol. The van der Waals surface area contributed by atoms with Gasteiger partial charge in [0, 0.05) is 6.61 Å². The van der Waals surface area contributed by atoms with Gasteiger partial charge in [0.2, 0.25) is 0 Å². The van der Waals surface area contributed by atoms with Gasteiger partial charge in [-0.2, -0.15) is 0 Å². The van der Waals surface area contributed by atoms with Crippen molar-refractivity contribution >= 4 is 9.76 Å². The van der Waals surface area contributed by atoms with Gasteiger partial charge in [-0.25, -0.2) is 0 Å². The molecule has 0 aromatic carbocycles. The lowest BCUT2D eigenvalue weighted by atomic mass is 10.1. The van der Waals surface area contributed by atoms with Crippen LogP contribution >= 0.6 is 0 Å². The van der Waals surface area contributed by atoms with Crippen LogP contribution in [-0.4, -0.2) is 16.4 Å². The summed E-state index contributed by atoms with van der Waals surface area (Å²) < 4.78 is 5.40. The molecule has 0 radical (unpaired) electrons. The molecule has 0 heterocycles. The summed E-state index contributed by atoms with van der Waals surface area (Å²) in [6.07, 6.45) is 5.63. The molecule has 0 saturated carbocycles. The zero-order chi connectivity index (χ0) is 9.23. The van der Waals surface area contributed by atoms with Gasteiger partial charge < -0.3 is 4.43 Å². The normalized spacial score (nSPS) is 12.0. The van der Waals surface area contributed by atoms with Gasteiger partial charge in [-0.3, -0.25) is 0 Å². The Labute approximate surface area is 79.8 Å². The SMILES string of the molecule is CCO[SiH2]CCCCCC(C)C. The summed E-state index contributed by atoms with van der Waals surface area (Å²) in [5.74, 6) is 0.883. The highest BCUT2D eigenvalue weighted by Gasteiger charge is 1.94. The number of unbranched alkanes of at least 4 members (excludes halogenated alkanes) is 2.